The number of carbonyl (C=O) groups excluding carboxylic acids is 4. The van der Waals surface area contributed by atoms with Gasteiger partial charge in [-0.15, -0.1) is 0 Å². The lowest BCUT2D eigenvalue weighted by atomic mass is 9.99. The summed E-state index contributed by atoms with van der Waals surface area (Å²) < 4.78 is 68.4. The molecule has 0 heterocycles. The van der Waals surface area contributed by atoms with Gasteiger partial charge < -0.3 is 33.8 Å². The predicted octanol–water partition coefficient (Wildman–Crippen LogP) is 21.7. The van der Waals surface area contributed by atoms with E-state index in [9.17, 15) is 43.2 Å². The van der Waals surface area contributed by atoms with E-state index >= 15 is 0 Å². The minimum atomic E-state index is -4.96. The van der Waals surface area contributed by atoms with Crippen LogP contribution in [0.25, 0.3) is 0 Å². The van der Waals surface area contributed by atoms with Gasteiger partial charge in [0.25, 0.3) is 0 Å². The Balaban J connectivity index is 5.20. The second-order valence-electron chi connectivity index (χ2n) is 28.5. The van der Waals surface area contributed by atoms with Crippen molar-refractivity contribution >= 4 is 39.5 Å². The third kappa shape index (κ3) is 66.0. The van der Waals surface area contributed by atoms with E-state index in [0.29, 0.717) is 31.6 Å². The lowest BCUT2D eigenvalue weighted by Crippen LogP contribution is -2.30. The smallest absolute Gasteiger partial charge is 0.462 e. The summed E-state index contributed by atoms with van der Waals surface area (Å²) in [5, 5.41) is 10.6. The fraction of sp³-hybridized carbons (Fsp3) is 0.947. The van der Waals surface area contributed by atoms with Gasteiger partial charge in [-0.3, -0.25) is 37.3 Å². The highest BCUT2D eigenvalue weighted by Crippen LogP contribution is 2.45. The summed E-state index contributed by atoms with van der Waals surface area (Å²) >= 11 is 0. The molecule has 0 aromatic rings. The normalized spacial score (nSPS) is 14.7. The topological polar surface area (TPSA) is 237 Å². The Bertz CT molecular complexity index is 1850. The maximum atomic E-state index is 13.0. The second kappa shape index (κ2) is 64.4. The Morgan fingerprint density at radius 2 is 0.511 bits per heavy atom. The molecule has 0 bridgehead atoms. The monoisotopic (exact) mass is 1380 g/mol. The molecule has 0 aliphatic carbocycles. The van der Waals surface area contributed by atoms with Gasteiger partial charge in [0.2, 0.25) is 0 Å². The summed E-state index contributed by atoms with van der Waals surface area (Å²) in [4.78, 5) is 72.7. The molecule has 0 radical (unpaired) electrons. The number of hydrogen-bond donors (Lipinski definition) is 3. The largest absolute Gasteiger partial charge is 0.472 e. The molecule has 7 atom stereocenters. The van der Waals surface area contributed by atoms with Crippen LogP contribution in [0, 0.1) is 23.7 Å². The number of rotatable bonds is 72. The summed E-state index contributed by atoms with van der Waals surface area (Å²) in [6.45, 7) is 14.2. The molecule has 0 fully saturated rings. The van der Waals surface area contributed by atoms with Crippen molar-refractivity contribution in [1.29, 1.82) is 0 Å². The molecular formula is C75H146O17P2. The summed E-state index contributed by atoms with van der Waals surface area (Å²) in [5.41, 5.74) is 0. The molecule has 3 N–H and O–H groups in total. The van der Waals surface area contributed by atoms with Crippen molar-refractivity contribution in [3.63, 3.8) is 0 Å². The van der Waals surface area contributed by atoms with Crippen molar-refractivity contribution in [2.24, 2.45) is 23.7 Å². The molecule has 4 unspecified atom stereocenters. The minimum absolute atomic E-state index is 0.103. The SMILES string of the molecule is CCC(C)CCCCCCCCCCCCCCCCC(=O)OC[C@H](COP(=O)(O)OC[C@@H](O)COP(=O)(O)OC[C@@H](COC(=O)CCCCCCCCC(C)CC)OC(=O)CCCCCCCCCCCCCCCC(C)C)OC(=O)CCCCCCCCCC(C)C. The van der Waals surface area contributed by atoms with Gasteiger partial charge in [0, 0.05) is 25.7 Å². The van der Waals surface area contributed by atoms with E-state index in [1.54, 1.807) is 0 Å². The molecule has 0 saturated heterocycles. The lowest BCUT2D eigenvalue weighted by molar-refractivity contribution is -0.161. The third-order valence-electron chi connectivity index (χ3n) is 18.0. The van der Waals surface area contributed by atoms with E-state index in [1.807, 2.05) is 0 Å². The van der Waals surface area contributed by atoms with Crippen LogP contribution in [-0.4, -0.2) is 96.7 Å². The fourth-order valence-corrected chi connectivity index (χ4v) is 12.9. The number of phosphoric ester groups is 2. The first kappa shape index (κ1) is 92.1. The first-order valence-corrected chi connectivity index (χ1v) is 41.8. The number of hydrogen-bond acceptors (Lipinski definition) is 15. The van der Waals surface area contributed by atoms with Crippen LogP contribution in [0.1, 0.15) is 376 Å². The van der Waals surface area contributed by atoms with E-state index in [0.717, 1.165) is 114 Å². The second-order valence-corrected chi connectivity index (χ2v) is 31.4. The molecule has 0 aromatic heterocycles. The van der Waals surface area contributed by atoms with Crippen LogP contribution < -0.4 is 0 Å². The summed E-state index contributed by atoms with van der Waals surface area (Å²) in [7, 11) is -9.91. The molecule has 0 aliphatic rings. The Morgan fingerprint density at radius 1 is 0.298 bits per heavy atom. The molecule has 558 valence electrons. The zero-order valence-electron chi connectivity index (χ0n) is 61.6. The van der Waals surface area contributed by atoms with Gasteiger partial charge in [0.15, 0.2) is 12.2 Å². The lowest BCUT2D eigenvalue weighted by Gasteiger charge is -2.21. The van der Waals surface area contributed by atoms with Crippen LogP contribution in [0.4, 0.5) is 0 Å². The van der Waals surface area contributed by atoms with Crippen molar-refractivity contribution in [3.05, 3.63) is 0 Å². The van der Waals surface area contributed by atoms with Crippen LogP contribution in [-0.2, 0) is 65.4 Å². The third-order valence-corrected chi connectivity index (χ3v) is 19.9. The van der Waals surface area contributed by atoms with E-state index in [1.165, 1.54) is 173 Å². The summed E-state index contributed by atoms with van der Waals surface area (Å²) in [5.74, 6) is 0.938. The van der Waals surface area contributed by atoms with Crippen LogP contribution in [0.3, 0.4) is 0 Å². The molecule has 19 heteroatoms. The molecule has 94 heavy (non-hydrogen) atoms. The Kier molecular flexibility index (Phi) is 63.1. The van der Waals surface area contributed by atoms with Crippen LogP contribution in [0.2, 0.25) is 0 Å². The highest BCUT2D eigenvalue weighted by atomic mass is 31.2. The van der Waals surface area contributed by atoms with Gasteiger partial charge >= 0.3 is 39.5 Å². The van der Waals surface area contributed by atoms with E-state index < -0.39 is 97.5 Å². The number of ether oxygens (including phenoxy) is 4. The van der Waals surface area contributed by atoms with Gasteiger partial charge in [-0.05, 0) is 49.4 Å². The maximum absolute atomic E-state index is 13.0. The average molecular weight is 1380 g/mol. The number of carbonyl (C=O) groups is 4. The molecule has 0 amide bonds. The van der Waals surface area contributed by atoms with Crippen molar-refractivity contribution < 1.29 is 80.2 Å². The highest BCUT2D eigenvalue weighted by Gasteiger charge is 2.30. The van der Waals surface area contributed by atoms with Gasteiger partial charge in [0.1, 0.15) is 19.3 Å². The quantitative estimate of drug-likeness (QED) is 0.0222. The van der Waals surface area contributed by atoms with Crippen LogP contribution in [0.5, 0.6) is 0 Å². The molecule has 0 aliphatic heterocycles. The summed E-state index contributed by atoms with van der Waals surface area (Å²) in [6.07, 6.45) is 48.7. The van der Waals surface area contributed by atoms with Gasteiger partial charge in [-0.2, -0.15) is 0 Å². The first-order chi connectivity index (χ1) is 45.2. The molecular weight excluding hydrogens is 1230 g/mol. The number of unbranched alkanes of at least 4 members (excludes halogenated alkanes) is 36. The maximum Gasteiger partial charge on any atom is 0.472 e. The minimum Gasteiger partial charge on any atom is -0.462 e. The average Bonchev–Trinajstić information content (AvgIpc) is 1.32. The predicted molar refractivity (Wildman–Crippen MR) is 381 cm³/mol. The van der Waals surface area contributed by atoms with Crippen molar-refractivity contribution in [3.8, 4) is 0 Å². The Labute approximate surface area is 575 Å². The zero-order chi connectivity index (χ0) is 69.6. The van der Waals surface area contributed by atoms with E-state index in [-0.39, 0.29) is 25.7 Å². The summed E-state index contributed by atoms with van der Waals surface area (Å²) in [6, 6.07) is 0. The Hall–Kier alpha value is -1.94. The van der Waals surface area contributed by atoms with Crippen molar-refractivity contribution in [2.75, 3.05) is 39.6 Å². The van der Waals surface area contributed by atoms with Crippen LogP contribution >= 0.6 is 15.6 Å². The first-order valence-electron chi connectivity index (χ1n) is 38.8. The zero-order valence-corrected chi connectivity index (χ0v) is 63.4. The number of aliphatic hydroxyl groups excluding tert-OH is 1. The fourth-order valence-electron chi connectivity index (χ4n) is 11.3. The number of aliphatic hydroxyl groups is 1. The van der Waals surface area contributed by atoms with Gasteiger partial charge in [-0.25, -0.2) is 9.13 Å². The van der Waals surface area contributed by atoms with Gasteiger partial charge in [-0.1, -0.05) is 325 Å². The molecule has 17 nitrogen and oxygen atoms in total. The van der Waals surface area contributed by atoms with Crippen molar-refractivity contribution in [2.45, 2.75) is 395 Å². The molecule has 0 saturated carbocycles. The standard InChI is InChI=1S/C75H146O17P2/c1-9-67(7)53-45-37-29-23-19-15-11-12-16-20-24-30-39-47-55-72(77)85-61-70(92-75(80)58-50-42-32-26-28-36-44-52-66(5)6)63-89-93(81,82)87-59-69(76)60-88-94(83,84)90-64-71(62-86-73(78)56-48-40-34-33-38-46-54-68(8)10-2)91-74(79)57-49-41-31-25-21-17-13-14-18-22-27-35-43-51-65(3)4/h65-71,76H,9-64H2,1-8H3,(H,81,82)(H,83,84)/t67?,68?,69-,70-,71-/m1/s1. The van der Waals surface area contributed by atoms with Crippen molar-refractivity contribution in [1.82, 2.24) is 0 Å². The molecule has 0 rings (SSSR count). The molecule has 0 aromatic carbocycles. The van der Waals surface area contributed by atoms with Gasteiger partial charge in [0.05, 0.1) is 26.4 Å². The van der Waals surface area contributed by atoms with Crippen LogP contribution in [0.15, 0.2) is 0 Å². The number of esters is 4. The Morgan fingerprint density at radius 3 is 0.755 bits per heavy atom. The molecule has 0 spiro atoms. The van der Waals surface area contributed by atoms with E-state index in [4.69, 9.17) is 37.0 Å². The number of phosphoric acid groups is 2. The highest BCUT2D eigenvalue weighted by molar-refractivity contribution is 7.47. The van der Waals surface area contributed by atoms with E-state index in [2.05, 4.69) is 55.4 Å².